The third-order valence-electron chi connectivity index (χ3n) is 3.85. The van der Waals surface area contributed by atoms with E-state index in [1.165, 1.54) is 17.7 Å². The number of halogens is 1. The molecule has 4 rings (SSSR count). The van der Waals surface area contributed by atoms with Crippen molar-refractivity contribution < 1.29 is 13.9 Å². The van der Waals surface area contributed by atoms with Gasteiger partial charge in [0.2, 0.25) is 5.76 Å². The monoisotopic (exact) mass is 412 g/mol. The number of thiazole rings is 1. The van der Waals surface area contributed by atoms with Gasteiger partial charge in [-0.1, -0.05) is 23.7 Å². The summed E-state index contributed by atoms with van der Waals surface area (Å²) < 4.78 is 10.4. The molecular formula is C19H13ClN4O3S. The van der Waals surface area contributed by atoms with Gasteiger partial charge in [-0.2, -0.15) is 0 Å². The summed E-state index contributed by atoms with van der Waals surface area (Å²) in [6.45, 7) is 0. The minimum atomic E-state index is -0.439. The van der Waals surface area contributed by atoms with Crippen LogP contribution < -0.4 is 10.1 Å². The first kappa shape index (κ1) is 18.1. The summed E-state index contributed by atoms with van der Waals surface area (Å²) in [6.07, 6.45) is 2.84. The van der Waals surface area contributed by atoms with E-state index in [0.29, 0.717) is 33.0 Å². The number of ether oxygens (including phenoxy) is 1. The smallest absolute Gasteiger partial charge is 0.295 e. The molecule has 1 N–H and O–H groups in total. The number of hydrogen-bond acceptors (Lipinski definition) is 7. The van der Waals surface area contributed by atoms with E-state index in [4.69, 9.17) is 20.8 Å². The van der Waals surface area contributed by atoms with E-state index in [1.807, 2.05) is 5.38 Å². The maximum absolute atomic E-state index is 12.6. The highest BCUT2D eigenvalue weighted by atomic mass is 35.5. The molecule has 0 saturated heterocycles. The van der Waals surface area contributed by atoms with Gasteiger partial charge in [-0.25, -0.2) is 9.97 Å². The lowest BCUT2D eigenvalue weighted by atomic mass is 10.1. The molecule has 1 aromatic carbocycles. The molecular weight excluding hydrogens is 400 g/mol. The number of aromatic nitrogens is 3. The molecule has 0 aliphatic rings. The lowest BCUT2D eigenvalue weighted by molar-refractivity contribution is 0.0997. The van der Waals surface area contributed by atoms with Gasteiger partial charge < -0.3 is 9.15 Å². The summed E-state index contributed by atoms with van der Waals surface area (Å²) in [6, 6.07) is 10.6. The SMILES string of the molecule is COc1ccc(-c2csc(NC(=O)c3ocnc3-c3ccc(Cl)cc3)n2)nc1. The van der Waals surface area contributed by atoms with Crippen molar-refractivity contribution in [1.29, 1.82) is 0 Å². The average Bonchev–Trinajstić information content (AvgIpc) is 3.38. The van der Waals surface area contributed by atoms with Crippen LogP contribution in [-0.2, 0) is 0 Å². The molecule has 0 radical (unpaired) electrons. The molecule has 0 bridgehead atoms. The maximum atomic E-state index is 12.6. The summed E-state index contributed by atoms with van der Waals surface area (Å²) >= 11 is 7.20. The number of anilines is 1. The number of carbonyl (C=O) groups is 1. The van der Waals surface area contributed by atoms with Crippen molar-refractivity contribution in [2.75, 3.05) is 12.4 Å². The quantitative estimate of drug-likeness (QED) is 0.507. The van der Waals surface area contributed by atoms with E-state index in [0.717, 1.165) is 5.56 Å². The largest absolute Gasteiger partial charge is 0.495 e. The number of rotatable bonds is 5. The molecule has 9 heteroatoms. The van der Waals surface area contributed by atoms with Crippen molar-refractivity contribution in [2.24, 2.45) is 0 Å². The fraction of sp³-hybridized carbons (Fsp3) is 0.0526. The number of methoxy groups -OCH3 is 1. The third-order valence-corrected chi connectivity index (χ3v) is 4.86. The zero-order chi connectivity index (χ0) is 19.5. The predicted octanol–water partition coefficient (Wildman–Crippen LogP) is 4.77. The van der Waals surface area contributed by atoms with Crippen LogP contribution in [0.1, 0.15) is 10.6 Å². The standard InChI is InChI=1S/C19H13ClN4O3S/c1-26-13-6-7-14(21-8-13)15-9-28-19(23-15)24-18(25)17-16(22-10-27-17)11-2-4-12(20)5-3-11/h2-10H,1H3,(H,23,24,25). The highest BCUT2D eigenvalue weighted by Crippen LogP contribution is 2.27. The second-order valence-electron chi connectivity index (χ2n) is 5.61. The van der Waals surface area contributed by atoms with Crippen LogP contribution in [0.2, 0.25) is 5.02 Å². The van der Waals surface area contributed by atoms with Gasteiger partial charge in [-0.05, 0) is 24.3 Å². The molecule has 0 unspecified atom stereocenters. The van der Waals surface area contributed by atoms with Crippen LogP contribution in [-0.4, -0.2) is 28.0 Å². The molecule has 7 nitrogen and oxygen atoms in total. The summed E-state index contributed by atoms with van der Waals surface area (Å²) in [5, 5.41) is 5.57. The zero-order valence-corrected chi connectivity index (χ0v) is 16.1. The number of hydrogen-bond donors (Lipinski definition) is 1. The van der Waals surface area contributed by atoms with E-state index in [-0.39, 0.29) is 5.76 Å². The molecule has 4 aromatic rings. The Bertz CT molecular complexity index is 1110. The van der Waals surface area contributed by atoms with Gasteiger partial charge in [-0.3, -0.25) is 15.1 Å². The molecule has 0 fully saturated rings. The van der Waals surface area contributed by atoms with Crippen LogP contribution >= 0.6 is 22.9 Å². The number of nitrogens with zero attached hydrogens (tertiary/aromatic N) is 3. The van der Waals surface area contributed by atoms with Gasteiger partial charge in [0.1, 0.15) is 17.1 Å². The minimum absolute atomic E-state index is 0.0987. The van der Waals surface area contributed by atoms with E-state index in [1.54, 1.807) is 49.7 Å². The number of oxazole rings is 1. The third kappa shape index (κ3) is 3.73. The Hall–Kier alpha value is -3.23. The zero-order valence-electron chi connectivity index (χ0n) is 14.5. The number of carbonyl (C=O) groups excluding carboxylic acids is 1. The summed E-state index contributed by atoms with van der Waals surface area (Å²) in [4.78, 5) is 25.5. The normalized spacial score (nSPS) is 10.6. The first-order valence-corrected chi connectivity index (χ1v) is 9.36. The Kier molecular flexibility index (Phi) is 5.05. The van der Waals surface area contributed by atoms with Crippen LogP contribution in [0.5, 0.6) is 5.75 Å². The van der Waals surface area contributed by atoms with Crippen molar-refractivity contribution in [2.45, 2.75) is 0 Å². The lowest BCUT2D eigenvalue weighted by Gasteiger charge is -2.02. The van der Waals surface area contributed by atoms with E-state index < -0.39 is 5.91 Å². The van der Waals surface area contributed by atoms with Crippen LogP contribution in [0.4, 0.5) is 5.13 Å². The molecule has 140 valence electrons. The molecule has 3 heterocycles. The van der Waals surface area contributed by atoms with Crippen molar-refractivity contribution in [3.05, 3.63) is 65.2 Å². The first-order valence-electron chi connectivity index (χ1n) is 8.11. The Morgan fingerprint density at radius 1 is 1.14 bits per heavy atom. The maximum Gasteiger partial charge on any atom is 0.295 e. The van der Waals surface area contributed by atoms with Crippen molar-refractivity contribution in [3.8, 4) is 28.4 Å². The van der Waals surface area contributed by atoms with Gasteiger partial charge >= 0.3 is 0 Å². The van der Waals surface area contributed by atoms with Gasteiger partial charge in [0, 0.05) is 16.0 Å². The Labute approximate surface area is 169 Å². The van der Waals surface area contributed by atoms with E-state index in [2.05, 4.69) is 20.3 Å². The fourth-order valence-electron chi connectivity index (χ4n) is 2.48. The summed E-state index contributed by atoms with van der Waals surface area (Å²) in [7, 11) is 1.58. The Balaban J connectivity index is 1.53. The minimum Gasteiger partial charge on any atom is -0.495 e. The highest BCUT2D eigenvalue weighted by Gasteiger charge is 2.20. The Morgan fingerprint density at radius 2 is 1.96 bits per heavy atom. The van der Waals surface area contributed by atoms with Crippen molar-refractivity contribution in [1.82, 2.24) is 15.0 Å². The van der Waals surface area contributed by atoms with Crippen LogP contribution in [0.3, 0.4) is 0 Å². The highest BCUT2D eigenvalue weighted by molar-refractivity contribution is 7.14. The summed E-state index contributed by atoms with van der Waals surface area (Å²) in [5.41, 5.74) is 2.49. The van der Waals surface area contributed by atoms with E-state index >= 15 is 0 Å². The summed E-state index contributed by atoms with van der Waals surface area (Å²) in [5.74, 6) is 0.320. The second kappa shape index (κ2) is 7.79. The molecule has 3 aromatic heterocycles. The van der Waals surface area contributed by atoms with Gasteiger partial charge in [-0.15, -0.1) is 11.3 Å². The number of pyridine rings is 1. The predicted molar refractivity (Wildman–Crippen MR) is 107 cm³/mol. The molecule has 28 heavy (non-hydrogen) atoms. The van der Waals surface area contributed by atoms with Gasteiger partial charge in [0.25, 0.3) is 5.91 Å². The Morgan fingerprint density at radius 3 is 2.68 bits per heavy atom. The number of amides is 1. The molecule has 0 spiro atoms. The molecule has 0 saturated carbocycles. The fourth-order valence-corrected chi connectivity index (χ4v) is 3.30. The van der Waals surface area contributed by atoms with Crippen molar-refractivity contribution >= 4 is 34.0 Å². The topological polar surface area (TPSA) is 90.1 Å². The number of nitrogens with one attached hydrogen (secondary N) is 1. The van der Waals surface area contributed by atoms with Crippen LogP contribution in [0.15, 0.2) is 58.8 Å². The molecule has 0 atom stereocenters. The van der Waals surface area contributed by atoms with E-state index in [9.17, 15) is 4.79 Å². The first-order chi connectivity index (χ1) is 13.6. The molecule has 0 aliphatic heterocycles. The van der Waals surface area contributed by atoms with Crippen LogP contribution in [0.25, 0.3) is 22.6 Å². The van der Waals surface area contributed by atoms with Gasteiger partial charge in [0.05, 0.1) is 19.0 Å². The molecule has 1 amide bonds. The second-order valence-corrected chi connectivity index (χ2v) is 6.91. The number of benzene rings is 1. The van der Waals surface area contributed by atoms with Crippen molar-refractivity contribution in [3.63, 3.8) is 0 Å². The molecule has 0 aliphatic carbocycles. The van der Waals surface area contributed by atoms with Crippen LogP contribution in [0, 0.1) is 0 Å². The van der Waals surface area contributed by atoms with Gasteiger partial charge in [0.15, 0.2) is 11.5 Å². The lowest BCUT2D eigenvalue weighted by Crippen LogP contribution is -2.12. The average molecular weight is 413 g/mol.